The molecule has 0 spiro atoms. The molecule has 0 nitrogen and oxygen atoms in total. The number of hydrogen-bond acceptors (Lipinski definition) is 0. The van der Waals surface area contributed by atoms with Gasteiger partial charge in [0, 0.05) is 0 Å². The van der Waals surface area contributed by atoms with E-state index < -0.39 is 0 Å². The molecule has 1 rings (SSSR count). The zero-order valence-electron chi connectivity index (χ0n) is 6.16. The number of rotatable bonds is 0. The Bertz CT molecular complexity index is 78.6. The van der Waals surface area contributed by atoms with Gasteiger partial charge in [0.05, 0.1) is 0 Å². The Balaban J connectivity index is 0.000000291. The molecule has 9 heavy (non-hydrogen) atoms. The van der Waals surface area contributed by atoms with Crippen molar-refractivity contribution in [2.45, 2.75) is 32.1 Å². The van der Waals surface area contributed by atoms with E-state index in [1.165, 1.54) is 37.7 Å². The molecule has 0 aromatic carbocycles. The Morgan fingerprint density at radius 1 is 1.00 bits per heavy atom. The molecule has 0 unspecified atom stereocenters. The van der Waals surface area contributed by atoms with Crippen molar-refractivity contribution in [1.29, 1.82) is 0 Å². The number of hydrogen-bond donors (Lipinski definition) is 0. The van der Waals surface area contributed by atoms with Crippen molar-refractivity contribution in [1.82, 2.24) is 0 Å². The predicted molar refractivity (Wildman–Crippen MR) is 45.1 cm³/mol. The van der Waals surface area contributed by atoms with Gasteiger partial charge in [0.1, 0.15) is 0 Å². The zero-order chi connectivity index (χ0) is 7.11. The summed E-state index contributed by atoms with van der Waals surface area (Å²) in [4.78, 5) is 0. The molecule has 0 aromatic heterocycles. The maximum atomic E-state index is 3.91. The van der Waals surface area contributed by atoms with Crippen molar-refractivity contribution in [3.8, 4) is 0 Å². The van der Waals surface area contributed by atoms with Gasteiger partial charge in [-0.3, -0.25) is 0 Å². The zero-order valence-corrected chi connectivity index (χ0v) is 7.57. The molecule has 0 aliphatic heterocycles. The van der Waals surface area contributed by atoms with Crippen LogP contribution in [0.25, 0.3) is 0 Å². The summed E-state index contributed by atoms with van der Waals surface area (Å²) < 4.78 is 3.28. The SMILES string of the molecule is C=C1CCCCC1.[CH2]=[Mg]. The van der Waals surface area contributed by atoms with E-state index in [2.05, 4.69) is 11.2 Å². The molecule has 0 radical (unpaired) electrons. The van der Waals surface area contributed by atoms with Crippen LogP contribution in [0.4, 0.5) is 0 Å². The first-order chi connectivity index (χ1) is 4.39. The summed E-state index contributed by atoms with van der Waals surface area (Å²) in [5.74, 6) is 0. The first-order valence-electron chi connectivity index (χ1n) is 3.56. The molecule has 1 saturated carbocycles. The van der Waals surface area contributed by atoms with Gasteiger partial charge >= 0.3 is 25.9 Å². The van der Waals surface area contributed by atoms with Crippen molar-refractivity contribution in [3.63, 3.8) is 0 Å². The molecular formula is C8H14Mg. The summed E-state index contributed by atoms with van der Waals surface area (Å²) in [6.07, 6.45) is 6.79. The van der Waals surface area contributed by atoms with Crippen LogP contribution in [-0.4, -0.2) is 25.9 Å². The Hall–Kier alpha value is 0.376. The summed E-state index contributed by atoms with van der Waals surface area (Å²) in [7, 11) is 0. The second-order valence-electron chi connectivity index (χ2n) is 2.31. The monoisotopic (exact) mass is 134 g/mol. The van der Waals surface area contributed by atoms with Gasteiger partial charge in [-0.05, 0) is 25.7 Å². The average Bonchev–Trinajstić information content (AvgIpc) is 1.94. The van der Waals surface area contributed by atoms with Crippen molar-refractivity contribution < 1.29 is 0 Å². The summed E-state index contributed by atoms with van der Waals surface area (Å²) in [6, 6.07) is 0. The van der Waals surface area contributed by atoms with E-state index >= 15 is 0 Å². The van der Waals surface area contributed by atoms with Gasteiger partial charge in [0.15, 0.2) is 0 Å². The summed E-state index contributed by atoms with van der Waals surface area (Å²) in [5, 5.41) is 0. The van der Waals surface area contributed by atoms with Crippen LogP contribution in [0.15, 0.2) is 12.2 Å². The second-order valence-corrected chi connectivity index (χ2v) is 2.31. The van der Waals surface area contributed by atoms with Crippen LogP contribution >= 0.6 is 0 Å². The van der Waals surface area contributed by atoms with Crippen LogP contribution in [0.2, 0.25) is 0 Å². The van der Waals surface area contributed by atoms with Gasteiger partial charge < -0.3 is 0 Å². The van der Waals surface area contributed by atoms with Crippen LogP contribution in [0.3, 0.4) is 0 Å². The van der Waals surface area contributed by atoms with E-state index in [0.717, 1.165) is 0 Å². The molecule has 0 N–H and O–H groups in total. The first kappa shape index (κ1) is 9.38. The predicted octanol–water partition coefficient (Wildman–Crippen LogP) is 2.09. The molecule has 0 saturated heterocycles. The summed E-state index contributed by atoms with van der Waals surface area (Å²) in [5.41, 5.74) is 1.46. The minimum absolute atomic E-state index is 1.29. The fourth-order valence-corrected chi connectivity index (χ4v) is 1.05. The minimum atomic E-state index is 1.29. The van der Waals surface area contributed by atoms with E-state index in [0.29, 0.717) is 0 Å². The van der Waals surface area contributed by atoms with Crippen LogP contribution in [0.5, 0.6) is 0 Å². The summed E-state index contributed by atoms with van der Waals surface area (Å²) in [6.45, 7) is 3.91. The van der Waals surface area contributed by atoms with E-state index in [1.54, 1.807) is 21.2 Å². The van der Waals surface area contributed by atoms with Gasteiger partial charge in [0.25, 0.3) is 0 Å². The van der Waals surface area contributed by atoms with Crippen LogP contribution < -0.4 is 0 Å². The fourth-order valence-electron chi connectivity index (χ4n) is 1.05. The Kier molecular flexibility index (Phi) is 6.77. The Labute approximate surface area is 70.3 Å². The third-order valence-electron chi connectivity index (χ3n) is 1.56. The molecule has 0 bridgehead atoms. The van der Waals surface area contributed by atoms with E-state index in [1.807, 2.05) is 0 Å². The topological polar surface area (TPSA) is 0 Å². The molecule has 0 heterocycles. The van der Waals surface area contributed by atoms with Crippen molar-refractivity contribution in [2.75, 3.05) is 0 Å². The molecule has 0 atom stereocenters. The number of allylic oxidation sites excluding steroid dienone is 1. The Morgan fingerprint density at radius 3 is 1.67 bits per heavy atom. The van der Waals surface area contributed by atoms with Gasteiger partial charge in [-0.25, -0.2) is 0 Å². The molecule has 1 aliphatic rings. The van der Waals surface area contributed by atoms with Gasteiger partial charge in [-0.1, -0.05) is 18.6 Å². The molecule has 1 aliphatic carbocycles. The van der Waals surface area contributed by atoms with E-state index in [9.17, 15) is 0 Å². The molecule has 1 heteroatoms. The third kappa shape index (κ3) is 4.85. The quantitative estimate of drug-likeness (QED) is 0.352. The van der Waals surface area contributed by atoms with Crippen molar-refractivity contribution in [2.24, 2.45) is 0 Å². The van der Waals surface area contributed by atoms with E-state index in [4.69, 9.17) is 0 Å². The summed E-state index contributed by atoms with van der Waals surface area (Å²) >= 11 is 1.61. The van der Waals surface area contributed by atoms with Crippen LogP contribution in [0.1, 0.15) is 32.1 Å². The average molecular weight is 135 g/mol. The Morgan fingerprint density at radius 2 is 1.44 bits per heavy atom. The van der Waals surface area contributed by atoms with Crippen molar-refractivity contribution in [3.05, 3.63) is 12.2 Å². The first-order valence-corrected chi connectivity index (χ1v) is 4.56. The second kappa shape index (κ2) is 6.50. The van der Waals surface area contributed by atoms with Gasteiger partial charge in [-0.2, -0.15) is 0 Å². The van der Waals surface area contributed by atoms with Gasteiger partial charge in [-0.15, -0.1) is 0 Å². The molecule has 0 aromatic rings. The molecule has 48 valence electrons. The third-order valence-corrected chi connectivity index (χ3v) is 1.56. The van der Waals surface area contributed by atoms with Gasteiger partial charge in [0.2, 0.25) is 0 Å². The van der Waals surface area contributed by atoms with E-state index in [-0.39, 0.29) is 0 Å². The fraction of sp³-hybridized carbons (Fsp3) is 0.625. The molecule has 1 fully saturated rings. The normalized spacial score (nSPS) is 18.2. The van der Waals surface area contributed by atoms with Crippen LogP contribution in [-0.2, 0) is 0 Å². The molecule has 0 amide bonds. The van der Waals surface area contributed by atoms with Crippen molar-refractivity contribution >= 4 is 25.9 Å². The van der Waals surface area contributed by atoms with Crippen LogP contribution in [0, 0.1) is 0 Å². The molecular weight excluding hydrogens is 120 g/mol. The standard InChI is InChI=1S/C7H12.CH2.Mg/c1-7-5-3-2-4-6-7;;/h1-6H2;1H2;. The maximum absolute atomic E-state index is 3.91.